The first-order chi connectivity index (χ1) is 4.39. The van der Waals surface area contributed by atoms with Gasteiger partial charge in [-0.2, -0.15) is 4.79 Å². The largest absolute Gasteiger partial charge is 0.802 e. The zero-order valence-corrected chi connectivity index (χ0v) is 5.87. The summed E-state index contributed by atoms with van der Waals surface area (Å²) in [6.07, 6.45) is 0. The Balaban J connectivity index is 4.94. The summed E-state index contributed by atoms with van der Waals surface area (Å²) < 4.78 is 9.96. The normalized spacial score (nSPS) is 10.3. The van der Waals surface area contributed by atoms with Crippen molar-refractivity contribution in [3.63, 3.8) is 0 Å². The van der Waals surface area contributed by atoms with Crippen LogP contribution >= 0.6 is 7.60 Å². The highest BCUT2D eigenvalue weighted by molar-refractivity contribution is 7.70. The molecule has 0 aliphatic carbocycles. The highest BCUT2D eigenvalue weighted by atomic mass is 31.2. The highest BCUT2D eigenvalue weighted by Crippen LogP contribution is 2.23. The number of nitrogens with zero attached hydrogens (tertiary/aromatic N) is 2. The van der Waals surface area contributed by atoms with E-state index in [9.17, 15) is 19.1 Å². The molecule has 0 amide bonds. The Morgan fingerprint density at radius 3 is 2.00 bits per heavy atom. The molecule has 10 heavy (non-hydrogen) atoms. The molecule has 0 fully saturated rings. The molecular formula is C3H3N2O4P-2. The van der Waals surface area contributed by atoms with Crippen LogP contribution in [0.3, 0.4) is 0 Å². The van der Waals surface area contributed by atoms with Gasteiger partial charge in [0.2, 0.25) is 5.78 Å². The van der Waals surface area contributed by atoms with Gasteiger partial charge in [-0.05, 0) is 0 Å². The van der Waals surface area contributed by atoms with Gasteiger partial charge < -0.3 is 19.9 Å². The second kappa shape index (κ2) is 2.86. The van der Waals surface area contributed by atoms with Crippen molar-refractivity contribution in [1.82, 2.24) is 0 Å². The zero-order valence-electron chi connectivity index (χ0n) is 4.97. The van der Waals surface area contributed by atoms with E-state index in [0.29, 0.717) is 0 Å². The van der Waals surface area contributed by atoms with E-state index >= 15 is 0 Å². The van der Waals surface area contributed by atoms with Crippen LogP contribution in [0.2, 0.25) is 0 Å². The van der Waals surface area contributed by atoms with Gasteiger partial charge in [-0.25, -0.2) is 0 Å². The lowest BCUT2D eigenvalue weighted by Gasteiger charge is -2.21. The van der Waals surface area contributed by atoms with Gasteiger partial charge in [-0.3, -0.25) is 4.79 Å². The van der Waals surface area contributed by atoms with Crippen LogP contribution in [0, 0.1) is 0 Å². The molecule has 6 nitrogen and oxygen atoms in total. The van der Waals surface area contributed by atoms with Crippen molar-refractivity contribution >= 4 is 18.8 Å². The average Bonchev–Trinajstić information content (AvgIpc) is 1.60. The smallest absolute Gasteiger partial charge is 0.360 e. The van der Waals surface area contributed by atoms with Gasteiger partial charge in [0.05, 0.1) is 7.60 Å². The fraction of sp³-hybridized carbons (Fsp3) is 0.333. The summed E-state index contributed by atoms with van der Waals surface area (Å²) >= 11 is 0. The maximum atomic E-state index is 10.2. The van der Waals surface area contributed by atoms with E-state index in [-0.39, 0.29) is 0 Å². The van der Waals surface area contributed by atoms with E-state index in [2.05, 4.69) is 0 Å². The number of carbonyl (C=O) groups excluding carboxylic acids is 1. The van der Waals surface area contributed by atoms with Gasteiger partial charge in [0.25, 0.3) is 0 Å². The Hall–Kier alpha value is -0.800. The average molecular weight is 162 g/mol. The second-order valence-corrected chi connectivity index (χ2v) is 2.90. The number of carbonyl (C=O) groups is 1. The van der Waals surface area contributed by atoms with Crippen LogP contribution in [0.1, 0.15) is 6.92 Å². The summed E-state index contributed by atoms with van der Waals surface area (Å²) in [6, 6.07) is 0. The summed E-state index contributed by atoms with van der Waals surface area (Å²) in [7, 11) is -5.18. The van der Waals surface area contributed by atoms with Gasteiger partial charge >= 0.3 is 5.45 Å². The van der Waals surface area contributed by atoms with E-state index in [4.69, 9.17) is 5.53 Å². The minimum atomic E-state index is -5.18. The number of hydrogen-bond donors (Lipinski definition) is 0. The van der Waals surface area contributed by atoms with Crippen molar-refractivity contribution in [1.29, 1.82) is 0 Å². The number of ketones is 1. The molecule has 0 bridgehead atoms. The molecule has 0 aromatic rings. The third kappa shape index (κ3) is 2.21. The molecule has 0 unspecified atom stereocenters. The molecule has 0 radical (unpaired) electrons. The molecule has 0 N–H and O–H groups in total. The van der Waals surface area contributed by atoms with Crippen molar-refractivity contribution in [2.45, 2.75) is 6.92 Å². The standard InChI is InChI=1S/C3H5N2O4P/c1-2(6)3(5-4)10(7,8)9/h1H3,(H2,7,8,9)/p-2. The Bertz CT molecular complexity index is 247. The van der Waals surface area contributed by atoms with Crippen molar-refractivity contribution < 1.29 is 23.9 Å². The van der Waals surface area contributed by atoms with Crippen LogP contribution < -0.4 is 9.79 Å². The van der Waals surface area contributed by atoms with Crippen LogP contribution in [0.25, 0.3) is 5.53 Å². The topological polar surface area (TPSA) is 117 Å². The number of hydrogen-bond acceptors (Lipinski definition) is 4. The highest BCUT2D eigenvalue weighted by Gasteiger charge is 2.18. The van der Waals surface area contributed by atoms with Crippen LogP contribution in [0.15, 0.2) is 0 Å². The van der Waals surface area contributed by atoms with Gasteiger partial charge in [-0.15, -0.1) is 0 Å². The lowest BCUT2D eigenvalue weighted by atomic mass is 10.5. The first kappa shape index (κ1) is 9.20. The quantitative estimate of drug-likeness (QED) is 0.204. The Morgan fingerprint density at radius 1 is 1.60 bits per heavy atom. The summed E-state index contributed by atoms with van der Waals surface area (Å²) in [5.41, 5.74) is 6.49. The minimum Gasteiger partial charge on any atom is -0.802 e. The predicted molar refractivity (Wildman–Crippen MR) is 26.9 cm³/mol. The Labute approximate surface area is 56.3 Å². The zero-order chi connectivity index (χ0) is 8.36. The molecule has 0 spiro atoms. The number of Topliss-reactive ketones (excluding diaryl/α,β-unsaturated/α-hetero) is 1. The van der Waals surface area contributed by atoms with Gasteiger partial charge in [0, 0.05) is 6.92 Å². The minimum absolute atomic E-state index is 0.817. The SMILES string of the molecule is CC(=O)C(=[N+]=[N-])P(=O)([O-])[O-]. The summed E-state index contributed by atoms with van der Waals surface area (Å²) in [5.74, 6) is -1.07. The third-order valence-corrected chi connectivity index (χ3v) is 1.59. The van der Waals surface area contributed by atoms with E-state index in [0.717, 1.165) is 6.92 Å². The molecule has 7 heteroatoms. The van der Waals surface area contributed by atoms with Crippen LogP contribution in [-0.4, -0.2) is 16.0 Å². The maximum Gasteiger partial charge on any atom is 0.360 e. The Morgan fingerprint density at radius 2 is 2.00 bits per heavy atom. The fourth-order valence-corrected chi connectivity index (χ4v) is 0.813. The van der Waals surface area contributed by atoms with Crippen LogP contribution in [-0.2, 0) is 9.36 Å². The molecule has 0 aliphatic heterocycles. The van der Waals surface area contributed by atoms with E-state index < -0.39 is 18.8 Å². The monoisotopic (exact) mass is 162 g/mol. The van der Waals surface area contributed by atoms with Crippen LogP contribution in [0.5, 0.6) is 0 Å². The molecule has 0 heterocycles. The van der Waals surface area contributed by atoms with Crippen molar-refractivity contribution in [2.24, 2.45) is 0 Å². The summed E-state index contributed by atoms with van der Waals surface area (Å²) in [6.45, 7) is 0.817. The summed E-state index contributed by atoms with van der Waals surface area (Å²) in [5, 5.41) is 0. The van der Waals surface area contributed by atoms with Crippen LogP contribution in [0.4, 0.5) is 0 Å². The summed E-state index contributed by atoms with van der Waals surface area (Å²) in [4.78, 5) is 32.1. The first-order valence-corrected chi connectivity index (χ1v) is 3.69. The first-order valence-electron chi connectivity index (χ1n) is 2.15. The molecule has 56 valence electrons. The maximum absolute atomic E-state index is 10.2. The molecule has 0 saturated carbocycles. The fourth-order valence-electron chi connectivity index (χ4n) is 0.318. The van der Waals surface area contributed by atoms with Gasteiger partial charge in [-0.1, -0.05) is 0 Å². The molecule has 0 aromatic heterocycles. The van der Waals surface area contributed by atoms with E-state index in [1.54, 1.807) is 0 Å². The van der Waals surface area contributed by atoms with Gasteiger partial charge in [0.1, 0.15) is 0 Å². The number of rotatable bonds is 2. The lowest BCUT2D eigenvalue weighted by Crippen LogP contribution is -2.27. The van der Waals surface area contributed by atoms with Gasteiger partial charge in [0.15, 0.2) is 0 Å². The van der Waals surface area contributed by atoms with Crippen molar-refractivity contribution in [2.75, 3.05) is 0 Å². The third-order valence-electron chi connectivity index (χ3n) is 0.669. The van der Waals surface area contributed by atoms with Crippen molar-refractivity contribution in [3.8, 4) is 0 Å². The molecular weight excluding hydrogens is 159 g/mol. The molecule has 0 aliphatic rings. The molecule has 0 saturated heterocycles. The molecule has 0 rings (SSSR count). The Kier molecular flexibility index (Phi) is 2.63. The molecule has 0 aromatic carbocycles. The van der Waals surface area contributed by atoms with E-state index in [1.165, 1.54) is 0 Å². The molecule has 0 atom stereocenters. The lowest BCUT2D eigenvalue weighted by molar-refractivity contribution is -0.308. The van der Waals surface area contributed by atoms with Crippen molar-refractivity contribution in [3.05, 3.63) is 5.53 Å². The van der Waals surface area contributed by atoms with E-state index in [1.807, 2.05) is 4.79 Å². The second-order valence-electron chi connectivity index (χ2n) is 1.48. The predicted octanol–water partition coefficient (Wildman–Crippen LogP) is -1.88.